The Labute approximate surface area is 44.0 Å². The Morgan fingerprint density at radius 1 is 1.14 bits per heavy atom. The van der Waals surface area contributed by atoms with E-state index in [9.17, 15) is 0 Å². The predicted molar refractivity (Wildman–Crippen MR) is 33.4 cm³/mol. The summed E-state index contributed by atoms with van der Waals surface area (Å²) in [6.07, 6.45) is 4.48. The van der Waals surface area contributed by atoms with Crippen molar-refractivity contribution in [3.63, 3.8) is 0 Å². The zero-order valence-corrected chi connectivity index (χ0v) is 4.76. The molecule has 0 atom stereocenters. The summed E-state index contributed by atoms with van der Waals surface area (Å²) >= 11 is 0. The van der Waals surface area contributed by atoms with E-state index in [2.05, 4.69) is 9.98 Å². The second kappa shape index (κ2) is 5.34. The quantitative estimate of drug-likeness (QED) is 0.456. The molecule has 0 aromatic carbocycles. The summed E-state index contributed by atoms with van der Waals surface area (Å²) in [5.41, 5.74) is 0. The molecule has 0 aliphatic carbocycles. The molecule has 0 unspecified atom stereocenters. The van der Waals surface area contributed by atoms with Gasteiger partial charge in [-0.05, 0) is 0 Å². The Kier molecular flexibility index (Phi) is 4.84. The molecule has 0 fully saturated rings. The Hall–Kier alpha value is -0.660. The van der Waals surface area contributed by atoms with Gasteiger partial charge in [0.1, 0.15) is 0 Å². The van der Waals surface area contributed by atoms with E-state index < -0.39 is 0 Å². The number of rotatable bonds is 2. The Morgan fingerprint density at radius 2 is 1.57 bits per heavy atom. The summed E-state index contributed by atoms with van der Waals surface area (Å²) in [4.78, 5) is 7.51. The summed E-state index contributed by atoms with van der Waals surface area (Å²) < 4.78 is 0. The molecule has 0 saturated carbocycles. The van der Waals surface area contributed by atoms with E-state index in [0.717, 1.165) is 6.42 Å². The van der Waals surface area contributed by atoms with E-state index in [-0.39, 0.29) is 0 Å². The lowest BCUT2D eigenvalue weighted by molar-refractivity contribution is 1.41. The van der Waals surface area contributed by atoms with Crippen LogP contribution in [0.1, 0.15) is 6.42 Å². The molecular formula is C5H10N2. The molecule has 0 aromatic heterocycles. The highest BCUT2D eigenvalue weighted by Gasteiger charge is 1.63. The third-order valence-corrected chi connectivity index (χ3v) is 0.576. The highest BCUT2D eigenvalue weighted by molar-refractivity contribution is 5.78. The molecule has 40 valence electrons. The van der Waals surface area contributed by atoms with Gasteiger partial charge in [0.15, 0.2) is 0 Å². The molecule has 0 aromatic rings. The van der Waals surface area contributed by atoms with E-state index in [4.69, 9.17) is 0 Å². The van der Waals surface area contributed by atoms with Crippen molar-refractivity contribution in [3.8, 4) is 0 Å². The SMILES string of the molecule is C/N=C/C/C=N/C. The molecule has 0 rings (SSSR count). The minimum Gasteiger partial charge on any atom is -0.300 e. The molecule has 0 saturated heterocycles. The lowest BCUT2D eigenvalue weighted by Crippen LogP contribution is -1.74. The van der Waals surface area contributed by atoms with Gasteiger partial charge in [0, 0.05) is 32.9 Å². The molecule has 7 heavy (non-hydrogen) atoms. The molecule has 0 spiro atoms. The fraction of sp³-hybridized carbons (Fsp3) is 0.600. The first kappa shape index (κ1) is 6.34. The first-order valence-corrected chi connectivity index (χ1v) is 2.23. The van der Waals surface area contributed by atoms with Crippen LogP contribution < -0.4 is 0 Å². The summed E-state index contributed by atoms with van der Waals surface area (Å²) in [6.45, 7) is 0. The largest absolute Gasteiger partial charge is 0.300 e. The molecule has 0 radical (unpaired) electrons. The van der Waals surface area contributed by atoms with E-state index in [1.165, 1.54) is 0 Å². The second-order valence-electron chi connectivity index (χ2n) is 1.12. The number of nitrogens with zero attached hydrogens (tertiary/aromatic N) is 2. The van der Waals surface area contributed by atoms with Crippen LogP contribution in [0, 0.1) is 0 Å². The first-order chi connectivity index (χ1) is 3.41. The molecule has 0 N–H and O–H groups in total. The fourth-order valence-electron chi connectivity index (χ4n) is 0.258. The molecule has 0 aliphatic heterocycles. The van der Waals surface area contributed by atoms with Crippen LogP contribution in [-0.4, -0.2) is 26.5 Å². The van der Waals surface area contributed by atoms with Crippen LogP contribution in [0.25, 0.3) is 0 Å². The van der Waals surface area contributed by atoms with Gasteiger partial charge in [-0.1, -0.05) is 0 Å². The summed E-state index contributed by atoms with van der Waals surface area (Å²) in [5, 5.41) is 0. The lowest BCUT2D eigenvalue weighted by Gasteiger charge is -1.73. The van der Waals surface area contributed by atoms with Gasteiger partial charge in [0.2, 0.25) is 0 Å². The average molecular weight is 98.1 g/mol. The van der Waals surface area contributed by atoms with Gasteiger partial charge in [0.25, 0.3) is 0 Å². The standard InChI is InChI=1S/C5H10N2/c1-6-4-3-5-7-2/h4-5H,3H2,1-2H3/b6-4+,7-5+. The third-order valence-electron chi connectivity index (χ3n) is 0.576. The smallest absolute Gasteiger partial charge is 0.0273 e. The highest BCUT2D eigenvalue weighted by Crippen LogP contribution is 1.63. The molecule has 0 heterocycles. The number of hydrogen-bond acceptors (Lipinski definition) is 2. The minimum absolute atomic E-state index is 0.854. The van der Waals surface area contributed by atoms with Gasteiger partial charge in [-0.15, -0.1) is 0 Å². The molecule has 0 aliphatic rings. The summed E-state index contributed by atoms with van der Waals surface area (Å²) in [5.74, 6) is 0. The van der Waals surface area contributed by atoms with Crippen molar-refractivity contribution in [1.82, 2.24) is 0 Å². The maximum atomic E-state index is 3.76. The number of hydrogen-bond donors (Lipinski definition) is 0. The molecular weight excluding hydrogens is 88.1 g/mol. The van der Waals surface area contributed by atoms with Crippen LogP contribution in [0.3, 0.4) is 0 Å². The number of aliphatic imine (C=N–C) groups is 2. The van der Waals surface area contributed by atoms with Crippen molar-refractivity contribution < 1.29 is 0 Å². The van der Waals surface area contributed by atoms with E-state index in [1.54, 1.807) is 14.1 Å². The zero-order valence-electron chi connectivity index (χ0n) is 4.76. The van der Waals surface area contributed by atoms with Crippen molar-refractivity contribution in [2.75, 3.05) is 14.1 Å². The second-order valence-corrected chi connectivity index (χ2v) is 1.12. The highest BCUT2D eigenvalue weighted by atomic mass is 14.7. The molecule has 0 amide bonds. The normalized spacial score (nSPS) is 11.7. The average Bonchev–Trinajstić information content (AvgIpc) is 1.69. The van der Waals surface area contributed by atoms with Crippen LogP contribution in [-0.2, 0) is 0 Å². The van der Waals surface area contributed by atoms with Gasteiger partial charge in [0.05, 0.1) is 0 Å². The maximum Gasteiger partial charge on any atom is 0.0273 e. The predicted octanol–water partition coefficient (Wildman–Crippen LogP) is 0.778. The van der Waals surface area contributed by atoms with Crippen molar-refractivity contribution >= 4 is 12.4 Å². The lowest BCUT2D eigenvalue weighted by atomic mass is 10.5. The van der Waals surface area contributed by atoms with Crippen LogP contribution in [0.2, 0.25) is 0 Å². The van der Waals surface area contributed by atoms with E-state index >= 15 is 0 Å². The summed E-state index contributed by atoms with van der Waals surface area (Å²) in [7, 11) is 3.51. The summed E-state index contributed by atoms with van der Waals surface area (Å²) in [6, 6.07) is 0. The minimum atomic E-state index is 0.854. The van der Waals surface area contributed by atoms with Gasteiger partial charge >= 0.3 is 0 Å². The first-order valence-electron chi connectivity index (χ1n) is 2.23. The van der Waals surface area contributed by atoms with Crippen LogP contribution in [0.5, 0.6) is 0 Å². The van der Waals surface area contributed by atoms with Gasteiger partial charge in [-0.3, -0.25) is 0 Å². The van der Waals surface area contributed by atoms with Crippen molar-refractivity contribution in [3.05, 3.63) is 0 Å². The maximum absolute atomic E-state index is 3.76. The van der Waals surface area contributed by atoms with Gasteiger partial charge < -0.3 is 9.98 Å². The third kappa shape index (κ3) is 5.34. The van der Waals surface area contributed by atoms with Gasteiger partial charge in [-0.25, -0.2) is 0 Å². The van der Waals surface area contributed by atoms with Crippen LogP contribution in [0.4, 0.5) is 0 Å². The van der Waals surface area contributed by atoms with E-state index in [1.807, 2.05) is 12.4 Å². The van der Waals surface area contributed by atoms with Crippen LogP contribution in [0.15, 0.2) is 9.98 Å². The van der Waals surface area contributed by atoms with Crippen LogP contribution >= 0.6 is 0 Å². The topological polar surface area (TPSA) is 24.7 Å². The van der Waals surface area contributed by atoms with Crippen molar-refractivity contribution in [1.29, 1.82) is 0 Å². The Morgan fingerprint density at radius 3 is 1.86 bits per heavy atom. The molecule has 0 bridgehead atoms. The zero-order chi connectivity index (χ0) is 5.54. The Bertz CT molecular complexity index is 64.1. The molecule has 2 heteroatoms. The van der Waals surface area contributed by atoms with Crippen molar-refractivity contribution in [2.45, 2.75) is 6.42 Å². The van der Waals surface area contributed by atoms with E-state index in [0.29, 0.717) is 0 Å². The van der Waals surface area contributed by atoms with Gasteiger partial charge in [-0.2, -0.15) is 0 Å². The Balaban J connectivity index is 2.98. The monoisotopic (exact) mass is 98.1 g/mol. The fourth-order valence-corrected chi connectivity index (χ4v) is 0.258. The van der Waals surface area contributed by atoms with Crippen molar-refractivity contribution in [2.24, 2.45) is 9.98 Å². The molecule has 2 nitrogen and oxygen atoms in total.